The molecule has 304 valence electrons. The molecule has 0 amide bonds. The van der Waals surface area contributed by atoms with Crippen LogP contribution < -0.4 is 0 Å². The number of hydrogen-bond acceptors (Lipinski definition) is 8. The molecule has 28 heteroatoms. The summed E-state index contributed by atoms with van der Waals surface area (Å²) in [5.41, 5.74) is -24.8. The zero-order chi connectivity index (χ0) is 40.3. The normalized spacial score (nSPS) is 18.6. The van der Waals surface area contributed by atoms with Gasteiger partial charge in [-0.25, -0.2) is 33.7 Å². The molecule has 2 fully saturated rings. The highest BCUT2D eigenvalue weighted by Gasteiger charge is 2.48. The summed E-state index contributed by atoms with van der Waals surface area (Å²) in [6, 6.07) is 0. The Bertz CT molecular complexity index is 1270. The van der Waals surface area contributed by atoms with Crippen LogP contribution in [-0.2, 0) is 40.1 Å². The minimum Gasteiger partial charge on any atom is -0.421 e. The average Bonchev–Trinajstić information content (AvgIpc) is 3.52. The lowest BCUT2D eigenvalue weighted by Gasteiger charge is -2.28. The van der Waals surface area contributed by atoms with E-state index in [2.05, 4.69) is 27.9 Å². The maximum absolute atomic E-state index is 11.4. The summed E-state index contributed by atoms with van der Waals surface area (Å²) in [4.78, 5) is 0. The van der Waals surface area contributed by atoms with Crippen molar-refractivity contribution in [3.8, 4) is 0 Å². The van der Waals surface area contributed by atoms with Gasteiger partial charge in [-0.2, -0.15) is 52.7 Å². The summed E-state index contributed by atoms with van der Waals surface area (Å²) in [5, 5.41) is 0. The molecule has 0 aromatic carbocycles. The topological polar surface area (TPSA) is 165 Å². The fourth-order valence-corrected chi connectivity index (χ4v) is 7.57. The van der Waals surface area contributed by atoms with Gasteiger partial charge >= 0.3 is 22.0 Å². The highest BCUT2D eigenvalue weighted by Crippen LogP contribution is 2.37. The number of rotatable bonds is 10. The monoisotopic (exact) mass is 844 g/mol. The fraction of sp³-hybridized carbons (Fsp3) is 1.00. The van der Waals surface area contributed by atoms with Gasteiger partial charge < -0.3 is 17.2 Å². The second kappa shape index (κ2) is 18.7. The molecule has 0 radical (unpaired) electrons. The van der Waals surface area contributed by atoms with Crippen LogP contribution in [0.5, 0.6) is 0 Å². The van der Waals surface area contributed by atoms with Gasteiger partial charge in [0, 0.05) is 25.7 Å². The van der Waals surface area contributed by atoms with Gasteiger partial charge in [0.05, 0.1) is 53.4 Å². The van der Waals surface area contributed by atoms with E-state index in [1.54, 1.807) is 0 Å². The third-order valence-electron chi connectivity index (χ3n) is 6.96. The molecule has 2 heterocycles. The van der Waals surface area contributed by atoms with Crippen molar-refractivity contribution in [3.05, 3.63) is 8.25 Å². The number of nitrogens with zero attached hydrogens (tertiary/aromatic N) is 4. The largest absolute Gasteiger partial charge is 0.480 e. The molecule has 0 bridgehead atoms. The van der Waals surface area contributed by atoms with Crippen LogP contribution in [0, 0.1) is 0 Å². The molecule has 0 spiro atoms. The van der Waals surface area contributed by atoms with Crippen molar-refractivity contribution in [2.75, 3.05) is 53.4 Å². The Balaban J connectivity index is 0. The Morgan fingerprint density at radius 1 is 0.440 bits per heavy atom. The van der Waals surface area contributed by atoms with Crippen LogP contribution >= 0.6 is 0 Å². The van der Waals surface area contributed by atoms with Gasteiger partial charge in [0.1, 0.15) is 0 Å². The first-order chi connectivity index (χ1) is 21.9. The number of alkyl halides is 12. The third kappa shape index (κ3) is 17.5. The van der Waals surface area contributed by atoms with Crippen LogP contribution in [0.3, 0.4) is 0 Å². The first-order valence-electron chi connectivity index (χ1n) is 14.4. The van der Waals surface area contributed by atoms with Crippen molar-refractivity contribution < 1.29 is 95.3 Å². The van der Waals surface area contributed by atoms with Gasteiger partial charge in [-0.05, 0) is 12.8 Å². The molecule has 2 rings (SSSR count). The molecule has 0 saturated carbocycles. The van der Waals surface area contributed by atoms with Gasteiger partial charge in [-0.15, -0.1) is 0 Å². The standard InChI is InChI=1S/2C9H20N.2C2F6NO4S2/c2*1-3-4-7-10(2)8-5-6-9-10;2*3-1(4,5)14(10,11)9-15(12,13)2(6,7)8/h2*3-9H2,1-2H3;;/q2*+1;2*-1. The zero-order valence-corrected chi connectivity index (χ0v) is 30.4. The zero-order valence-electron chi connectivity index (χ0n) is 27.1. The molecule has 0 aromatic heterocycles. The molecular weight excluding hydrogens is 805 g/mol. The van der Waals surface area contributed by atoms with E-state index in [9.17, 15) is 86.4 Å². The van der Waals surface area contributed by atoms with Crippen LogP contribution in [-0.4, -0.2) is 118 Å². The van der Waals surface area contributed by atoms with Gasteiger partial charge in [0.25, 0.3) is 0 Å². The SMILES string of the molecule is CCCC[N+]1(C)CCCC1.CCCC[N+]1(C)CCCC1.O=S(=O)([N-]S(=O)(=O)C(F)(F)F)C(F)(F)F.O=S(=O)([N-]S(=O)(=O)C(F)(F)F)C(F)(F)F. The van der Waals surface area contributed by atoms with Crippen LogP contribution in [0.1, 0.15) is 65.2 Å². The number of halogens is 12. The van der Waals surface area contributed by atoms with Gasteiger partial charge in [0.15, 0.2) is 40.1 Å². The smallest absolute Gasteiger partial charge is 0.421 e. The summed E-state index contributed by atoms with van der Waals surface area (Å²) in [5.74, 6) is 0. The molecule has 50 heavy (non-hydrogen) atoms. The second-order valence-corrected chi connectivity index (χ2v) is 18.4. The lowest BCUT2D eigenvalue weighted by Crippen LogP contribution is -2.41. The molecule has 0 unspecified atom stereocenters. The quantitative estimate of drug-likeness (QED) is 0.186. The summed E-state index contributed by atoms with van der Waals surface area (Å²) >= 11 is 0. The van der Waals surface area contributed by atoms with Gasteiger partial charge in [-0.3, -0.25) is 0 Å². The number of unbranched alkanes of at least 4 members (excludes halogenated alkanes) is 2. The van der Waals surface area contributed by atoms with Crippen LogP contribution in [0.4, 0.5) is 52.7 Å². The number of quaternary nitrogens is 2. The molecule has 2 aliphatic rings. The minimum atomic E-state index is -6.72. The van der Waals surface area contributed by atoms with Crippen LogP contribution in [0.15, 0.2) is 0 Å². The average molecular weight is 845 g/mol. The molecular formula is C22H40F12N4O8S4. The van der Waals surface area contributed by atoms with Crippen molar-refractivity contribution in [3.63, 3.8) is 0 Å². The van der Waals surface area contributed by atoms with Gasteiger partial charge in [0.2, 0.25) is 0 Å². The maximum atomic E-state index is 11.4. The molecule has 0 aromatic rings. The lowest BCUT2D eigenvalue weighted by molar-refractivity contribution is -0.897. The summed E-state index contributed by atoms with van der Waals surface area (Å²) in [6.45, 7) is 13.1. The molecule has 2 saturated heterocycles. The summed E-state index contributed by atoms with van der Waals surface area (Å²) < 4.78 is 221. The van der Waals surface area contributed by atoms with Crippen LogP contribution in [0.25, 0.3) is 8.25 Å². The Morgan fingerprint density at radius 3 is 0.760 bits per heavy atom. The molecule has 0 N–H and O–H groups in total. The van der Waals surface area contributed by atoms with E-state index < -0.39 is 62.1 Å². The number of sulfonamides is 4. The van der Waals surface area contributed by atoms with Crippen molar-refractivity contribution in [2.45, 2.75) is 87.2 Å². The van der Waals surface area contributed by atoms with Crippen LogP contribution in [0.2, 0.25) is 0 Å². The number of hydrogen-bond donors (Lipinski definition) is 0. The van der Waals surface area contributed by atoms with E-state index in [1.165, 1.54) is 99.6 Å². The Morgan fingerprint density at radius 2 is 0.620 bits per heavy atom. The van der Waals surface area contributed by atoms with E-state index >= 15 is 0 Å². The molecule has 12 nitrogen and oxygen atoms in total. The Labute approximate surface area is 283 Å². The van der Waals surface area contributed by atoms with E-state index in [0.717, 1.165) is 8.25 Å². The minimum absolute atomic E-state index is 0.778. The lowest BCUT2D eigenvalue weighted by atomic mass is 10.3. The van der Waals surface area contributed by atoms with E-state index in [1.807, 2.05) is 0 Å². The molecule has 2 aliphatic heterocycles. The van der Waals surface area contributed by atoms with E-state index in [-0.39, 0.29) is 0 Å². The predicted molar refractivity (Wildman–Crippen MR) is 156 cm³/mol. The molecule has 0 atom stereocenters. The highest BCUT2D eigenvalue weighted by atomic mass is 32.3. The molecule has 0 aliphatic carbocycles. The first kappa shape index (κ1) is 50.9. The summed E-state index contributed by atoms with van der Waals surface area (Å²) in [6.07, 6.45) is 11.4. The first-order valence-corrected chi connectivity index (χ1v) is 20.1. The van der Waals surface area contributed by atoms with Gasteiger partial charge in [-0.1, -0.05) is 26.7 Å². The summed E-state index contributed by atoms with van der Waals surface area (Å²) in [7, 11) is -22.1. The third-order valence-corrected chi connectivity index (χ3v) is 12.4. The van der Waals surface area contributed by atoms with Crippen molar-refractivity contribution >= 4 is 40.1 Å². The predicted octanol–water partition coefficient (Wildman–Crippen LogP) is 6.17. The Hall–Kier alpha value is -1.20. The Kier molecular flexibility index (Phi) is 19.1. The maximum Gasteiger partial charge on any atom is 0.480 e. The number of likely N-dealkylation sites (tertiary alicyclic amines) is 2. The van der Waals surface area contributed by atoms with Crippen molar-refractivity contribution in [1.82, 2.24) is 0 Å². The highest BCUT2D eigenvalue weighted by molar-refractivity contribution is 8.13. The second-order valence-electron chi connectivity index (χ2n) is 11.5. The van der Waals surface area contributed by atoms with Crippen molar-refractivity contribution in [2.24, 2.45) is 0 Å². The van der Waals surface area contributed by atoms with Crippen molar-refractivity contribution in [1.29, 1.82) is 0 Å². The van der Waals surface area contributed by atoms with E-state index in [0.29, 0.717) is 0 Å². The van der Waals surface area contributed by atoms with E-state index in [4.69, 9.17) is 0 Å². The fourth-order valence-electron chi connectivity index (χ4n) is 4.15.